The Morgan fingerprint density at radius 1 is 1.33 bits per heavy atom. The van der Waals surface area contributed by atoms with Crippen LogP contribution in [0.25, 0.3) is 10.2 Å². The third kappa shape index (κ3) is 1.45. The monoisotopic (exact) mass is 295 g/mol. The Hall–Kier alpha value is -0.230. The predicted molar refractivity (Wildman–Crippen MR) is 43.0 cm³/mol. The molecule has 2 aromatic rings. The first-order valence-electron chi connectivity index (χ1n) is 3.32. The first kappa shape index (κ1) is 9.85. The zero-order chi connectivity index (χ0) is 7.84. The van der Waals surface area contributed by atoms with Crippen molar-refractivity contribution in [1.82, 2.24) is 0 Å². The molecule has 64 valence electrons. The minimum absolute atomic E-state index is 0. The summed E-state index contributed by atoms with van der Waals surface area (Å²) < 4.78 is 15.5. The van der Waals surface area contributed by atoms with Crippen molar-refractivity contribution in [2.75, 3.05) is 0 Å². The second-order valence-electron chi connectivity index (χ2n) is 2.38. The predicted octanol–water partition coefficient (Wildman–Crippen LogP) is -1.13. The van der Waals surface area contributed by atoms with Gasteiger partial charge in [0.1, 0.15) is 11.7 Å². The molecule has 4 heteroatoms. The summed E-state index contributed by atoms with van der Waals surface area (Å²) in [6, 6.07) is 7.66. The number of hydrogen-bond donors (Lipinski definition) is 0. The van der Waals surface area contributed by atoms with Crippen LogP contribution in [-0.2, 0) is 7.05 Å². The number of aromatic nitrogens is 1. The van der Waals surface area contributed by atoms with Gasteiger partial charge in [0.15, 0.2) is 0 Å². The van der Waals surface area contributed by atoms with Crippen LogP contribution >= 0.6 is 11.3 Å². The number of halogens is 2. The molecule has 0 aliphatic heterocycles. The van der Waals surface area contributed by atoms with E-state index in [1.54, 1.807) is 11.6 Å². The van der Waals surface area contributed by atoms with E-state index in [4.69, 9.17) is 0 Å². The van der Waals surface area contributed by atoms with Crippen molar-refractivity contribution in [3.05, 3.63) is 29.5 Å². The maximum Gasteiger partial charge on any atom is 0.421 e. The second kappa shape index (κ2) is 3.66. The van der Waals surface area contributed by atoms with Gasteiger partial charge in [0.25, 0.3) is 0 Å². The molecule has 0 saturated heterocycles. The summed E-state index contributed by atoms with van der Waals surface area (Å²) in [5.41, 5.74) is 0.954. The van der Waals surface area contributed by atoms with E-state index >= 15 is 0 Å². The van der Waals surface area contributed by atoms with Gasteiger partial charge in [-0.15, -0.1) is 4.39 Å². The number of fused-ring (bicyclic) bond motifs is 1. The van der Waals surface area contributed by atoms with Crippen molar-refractivity contribution in [3.8, 4) is 0 Å². The minimum Gasteiger partial charge on any atom is -1.00 e. The lowest BCUT2D eigenvalue weighted by atomic mass is 10.3. The first-order valence-corrected chi connectivity index (χ1v) is 4.14. The van der Waals surface area contributed by atoms with Crippen LogP contribution in [0.1, 0.15) is 0 Å². The third-order valence-corrected chi connectivity index (χ3v) is 2.69. The summed E-state index contributed by atoms with van der Waals surface area (Å²) >= 11 is 1.18. The number of nitrogens with zero attached hydrogens (tertiary/aromatic N) is 1. The van der Waals surface area contributed by atoms with Crippen LogP contribution in [0.15, 0.2) is 24.3 Å². The molecule has 2 rings (SSSR count). The van der Waals surface area contributed by atoms with Crippen LogP contribution in [-0.4, -0.2) is 0 Å². The summed E-state index contributed by atoms with van der Waals surface area (Å²) in [6.07, 6.45) is 0. The van der Waals surface area contributed by atoms with Crippen LogP contribution in [0.3, 0.4) is 0 Å². The molecule has 1 aromatic heterocycles. The lowest BCUT2D eigenvalue weighted by molar-refractivity contribution is -0.668. The van der Waals surface area contributed by atoms with Crippen molar-refractivity contribution in [1.29, 1.82) is 0 Å². The molecule has 12 heavy (non-hydrogen) atoms. The van der Waals surface area contributed by atoms with Gasteiger partial charge in [-0.3, -0.25) is 0 Å². The zero-order valence-corrected chi connectivity index (χ0v) is 9.39. The smallest absolute Gasteiger partial charge is 0.421 e. The standard InChI is InChI=1S/C8H7FNS.HI/c1-10-6-4-2-3-5-7(6)11-8(10)9;/h2-5H,1H3;1H/q+1;/p-1. The Morgan fingerprint density at radius 2 is 2.00 bits per heavy atom. The average Bonchev–Trinajstić information content (AvgIpc) is 2.30. The average molecular weight is 295 g/mol. The molecule has 0 aliphatic carbocycles. The van der Waals surface area contributed by atoms with Gasteiger partial charge in [0, 0.05) is 6.07 Å². The van der Waals surface area contributed by atoms with Crippen molar-refractivity contribution in [3.63, 3.8) is 0 Å². The molecule has 1 heterocycles. The van der Waals surface area contributed by atoms with Gasteiger partial charge in [-0.1, -0.05) is 12.1 Å². The van der Waals surface area contributed by atoms with E-state index in [1.807, 2.05) is 24.3 Å². The van der Waals surface area contributed by atoms with Gasteiger partial charge in [-0.25, -0.2) is 0 Å². The number of hydrogen-bond acceptors (Lipinski definition) is 1. The second-order valence-corrected chi connectivity index (χ2v) is 3.36. The summed E-state index contributed by atoms with van der Waals surface area (Å²) in [5, 5.41) is -0.147. The zero-order valence-electron chi connectivity index (χ0n) is 6.42. The highest BCUT2D eigenvalue weighted by molar-refractivity contribution is 7.16. The summed E-state index contributed by atoms with van der Waals surface area (Å²) in [4.78, 5) is 0. The fourth-order valence-electron chi connectivity index (χ4n) is 1.07. The fraction of sp³-hybridized carbons (Fsp3) is 0.125. The van der Waals surface area contributed by atoms with E-state index in [9.17, 15) is 4.39 Å². The normalized spacial score (nSPS) is 9.83. The van der Waals surface area contributed by atoms with E-state index in [0.717, 1.165) is 10.2 Å². The number of aryl methyl sites for hydroxylation is 1. The SMILES string of the molecule is C[n+]1c(F)sc2ccccc21.[I-]. The van der Waals surface area contributed by atoms with E-state index in [-0.39, 0.29) is 29.2 Å². The molecular weight excluding hydrogens is 288 g/mol. The lowest BCUT2D eigenvalue weighted by Gasteiger charge is -1.81. The minimum atomic E-state index is -0.147. The number of rotatable bonds is 0. The number of para-hydroxylation sites is 1. The van der Waals surface area contributed by atoms with Gasteiger partial charge < -0.3 is 24.0 Å². The summed E-state index contributed by atoms with van der Waals surface area (Å²) in [7, 11) is 1.73. The molecule has 1 nitrogen and oxygen atoms in total. The maximum absolute atomic E-state index is 12.9. The van der Waals surface area contributed by atoms with Gasteiger partial charge in [-0.05, 0) is 17.4 Å². The van der Waals surface area contributed by atoms with Crippen molar-refractivity contribution < 1.29 is 32.9 Å². The lowest BCUT2D eigenvalue weighted by Crippen LogP contribution is -3.00. The van der Waals surface area contributed by atoms with Gasteiger partial charge in [0.2, 0.25) is 5.52 Å². The van der Waals surface area contributed by atoms with Crippen LogP contribution in [0, 0.1) is 5.26 Å². The Kier molecular flexibility index (Phi) is 3.00. The molecule has 1 aromatic carbocycles. The Labute approximate surface area is 90.9 Å². The highest BCUT2D eigenvalue weighted by atomic mass is 127. The van der Waals surface area contributed by atoms with Crippen molar-refractivity contribution in [2.24, 2.45) is 7.05 Å². The number of thiazole rings is 1. The van der Waals surface area contributed by atoms with E-state index in [0.29, 0.717) is 0 Å². The largest absolute Gasteiger partial charge is 1.00 e. The van der Waals surface area contributed by atoms with Crippen LogP contribution in [0.4, 0.5) is 4.39 Å². The van der Waals surface area contributed by atoms with Crippen molar-refractivity contribution >= 4 is 21.6 Å². The molecule has 0 atom stereocenters. The Bertz CT molecular complexity index is 399. The molecule has 0 aliphatic rings. The van der Waals surface area contributed by atoms with E-state index in [1.165, 1.54) is 11.3 Å². The Morgan fingerprint density at radius 3 is 2.67 bits per heavy atom. The maximum atomic E-state index is 12.9. The van der Waals surface area contributed by atoms with E-state index in [2.05, 4.69) is 0 Å². The van der Waals surface area contributed by atoms with E-state index < -0.39 is 0 Å². The summed E-state index contributed by atoms with van der Waals surface area (Å²) in [6.45, 7) is 0. The first-order chi connectivity index (χ1) is 5.29. The Balaban J connectivity index is 0.000000720. The fourth-order valence-corrected chi connectivity index (χ4v) is 1.95. The van der Waals surface area contributed by atoms with Gasteiger partial charge in [0.05, 0.1) is 0 Å². The van der Waals surface area contributed by atoms with Gasteiger partial charge >= 0.3 is 5.26 Å². The third-order valence-electron chi connectivity index (χ3n) is 1.68. The van der Waals surface area contributed by atoms with Crippen LogP contribution < -0.4 is 28.5 Å². The molecule has 0 amide bonds. The quantitative estimate of drug-likeness (QED) is 0.428. The molecule has 0 spiro atoms. The highest BCUT2D eigenvalue weighted by Crippen LogP contribution is 2.17. The molecule has 0 radical (unpaired) electrons. The molecule has 0 N–H and O–H groups in total. The number of benzene rings is 1. The van der Waals surface area contributed by atoms with Crippen LogP contribution in [0.2, 0.25) is 0 Å². The molecule has 0 unspecified atom stereocenters. The molecular formula is C8H7FINS. The van der Waals surface area contributed by atoms with Crippen molar-refractivity contribution in [2.45, 2.75) is 0 Å². The summed E-state index contributed by atoms with van der Waals surface area (Å²) in [5.74, 6) is 0. The van der Waals surface area contributed by atoms with Gasteiger partial charge in [-0.2, -0.15) is 4.57 Å². The highest BCUT2D eigenvalue weighted by Gasteiger charge is 2.14. The molecule has 0 saturated carbocycles. The molecule has 0 bridgehead atoms. The molecule has 0 fully saturated rings. The van der Waals surface area contributed by atoms with Crippen LogP contribution in [0.5, 0.6) is 0 Å². The topological polar surface area (TPSA) is 3.88 Å².